The van der Waals surface area contributed by atoms with E-state index in [0.717, 1.165) is 0 Å². The van der Waals surface area contributed by atoms with E-state index in [1.54, 1.807) is 0 Å². The topological polar surface area (TPSA) is 44.8 Å². The summed E-state index contributed by atoms with van der Waals surface area (Å²) < 4.78 is 15.9. The van der Waals surface area contributed by atoms with Crippen LogP contribution < -0.4 is 0 Å². The van der Waals surface area contributed by atoms with Gasteiger partial charge < -0.3 is 13.3 Å². The Morgan fingerprint density at radius 2 is 1.62 bits per heavy atom. The van der Waals surface area contributed by atoms with Crippen LogP contribution in [0.25, 0.3) is 0 Å². The Morgan fingerprint density at radius 1 is 1.15 bits per heavy atom. The second-order valence-electron chi connectivity index (χ2n) is 2.50. The molecule has 0 aliphatic carbocycles. The van der Waals surface area contributed by atoms with Crippen molar-refractivity contribution in [2.75, 3.05) is 13.2 Å². The van der Waals surface area contributed by atoms with Crippen LogP contribution in [0.15, 0.2) is 0 Å². The molecule has 0 heterocycles. The van der Waals surface area contributed by atoms with Gasteiger partial charge in [0.05, 0.1) is 0 Å². The van der Waals surface area contributed by atoms with Crippen LogP contribution in [0.3, 0.4) is 0 Å². The van der Waals surface area contributed by atoms with Gasteiger partial charge in [-0.25, -0.2) is 0 Å². The van der Waals surface area contributed by atoms with Crippen LogP contribution in [0.5, 0.6) is 0 Å². The predicted octanol–water partition coefficient (Wildman–Crippen LogP) is 1.58. The Balaban J connectivity index is 4.33. The van der Waals surface area contributed by atoms with Gasteiger partial charge in [0.2, 0.25) is 0 Å². The minimum absolute atomic E-state index is 0.338. The van der Waals surface area contributed by atoms with Crippen molar-refractivity contribution in [2.45, 2.75) is 33.7 Å². The van der Waals surface area contributed by atoms with Crippen molar-refractivity contribution in [1.29, 1.82) is 0 Å². The molecule has 0 aromatic heterocycles. The Morgan fingerprint density at radius 3 is 1.85 bits per heavy atom. The lowest BCUT2D eigenvalue weighted by Crippen LogP contribution is -2.46. The summed E-state index contributed by atoms with van der Waals surface area (Å²) in [6.45, 7) is 8.01. The lowest BCUT2D eigenvalue weighted by atomic mass is 10.9. The molecule has 5 heteroatoms. The molecule has 0 atom stereocenters. The number of carbonyl (C=O) groups excluding carboxylic acids is 1. The standard InChI is InChI=1S/C8H18O4Si/c1-5-10-13(7-3,11-6-2)12-8(4)9/h5-7H2,1-4H3. The fraction of sp³-hybridized carbons (Fsp3) is 0.875. The summed E-state index contributed by atoms with van der Waals surface area (Å²) in [6, 6.07) is 0.619. The Labute approximate surface area is 80.5 Å². The summed E-state index contributed by atoms with van der Waals surface area (Å²) in [5.74, 6) is -0.338. The molecule has 4 nitrogen and oxygen atoms in total. The molecule has 0 aliphatic heterocycles. The fourth-order valence-electron chi connectivity index (χ4n) is 1.04. The molecule has 0 saturated heterocycles. The monoisotopic (exact) mass is 206 g/mol. The van der Waals surface area contributed by atoms with Crippen molar-refractivity contribution in [3.8, 4) is 0 Å². The van der Waals surface area contributed by atoms with Crippen LogP contribution in [0.1, 0.15) is 27.7 Å². The van der Waals surface area contributed by atoms with Crippen molar-refractivity contribution in [3.05, 3.63) is 0 Å². The maximum atomic E-state index is 10.8. The van der Waals surface area contributed by atoms with Gasteiger partial charge in [-0.1, -0.05) is 6.92 Å². The molecule has 0 aliphatic rings. The summed E-state index contributed by atoms with van der Waals surface area (Å²) in [5.41, 5.74) is 0. The lowest BCUT2D eigenvalue weighted by molar-refractivity contribution is -0.136. The van der Waals surface area contributed by atoms with E-state index >= 15 is 0 Å². The molecule has 0 rings (SSSR count). The summed E-state index contributed by atoms with van der Waals surface area (Å²) in [4.78, 5) is 10.8. The largest absolute Gasteiger partial charge is 0.567 e. The third kappa shape index (κ3) is 4.40. The van der Waals surface area contributed by atoms with Crippen molar-refractivity contribution in [1.82, 2.24) is 0 Å². The van der Waals surface area contributed by atoms with Crippen LogP contribution in [-0.2, 0) is 18.1 Å². The highest BCUT2D eigenvalue weighted by Gasteiger charge is 2.41. The van der Waals surface area contributed by atoms with Gasteiger partial charge in [-0.2, -0.15) is 0 Å². The van der Waals surface area contributed by atoms with E-state index < -0.39 is 8.80 Å². The Kier molecular flexibility index (Phi) is 5.94. The van der Waals surface area contributed by atoms with E-state index in [2.05, 4.69) is 0 Å². The van der Waals surface area contributed by atoms with Gasteiger partial charge in [0, 0.05) is 26.2 Å². The molecule has 13 heavy (non-hydrogen) atoms. The summed E-state index contributed by atoms with van der Waals surface area (Å²) in [5, 5.41) is 0. The zero-order valence-electron chi connectivity index (χ0n) is 8.75. The fourth-order valence-corrected chi connectivity index (χ4v) is 3.11. The number of hydrogen-bond acceptors (Lipinski definition) is 4. The van der Waals surface area contributed by atoms with Gasteiger partial charge in [0.25, 0.3) is 5.97 Å². The highest BCUT2D eigenvalue weighted by molar-refractivity contribution is 6.62. The van der Waals surface area contributed by atoms with Gasteiger partial charge in [0.15, 0.2) is 0 Å². The first kappa shape index (κ1) is 12.6. The number of carbonyl (C=O) groups is 1. The molecule has 0 aromatic rings. The minimum atomic E-state index is -2.68. The van der Waals surface area contributed by atoms with E-state index in [9.17, 15) is 4.79 Å². The zero-order valence-corrected chi connectivity index (χ0v) is 9.75. The van der Waals surface area contributed by atoms with E-state index in [4.69, 9.17) is 13.3 Å². The highest BCUT2D eigenvalue weighted by atomic mass is 28.4. The molecule has 78 valence electrons. The first-order valence-corrected chi connectivity index (χ1v) is 6.50. The Hall–Kier alpha value is -0.393. The molecule has 0 aromatic carbocycles. The molecule has 0 fully saturated rings. The molecule has 0 bridgehead atoms. The summed E-state index contributed by atoms with van der Waals surface area (Å²) >= 11 is 0. The summed E-state index contributed by atoms with van der Waals surface area (Å²) in [7, 11) is -2.68. The molecule has 0 spiro atoms. The maximum absolute atomic E-state index is 10.8. The van der Waals surface area contributed by atoms with Crippen molar-refractivity contribution < 1.29 is 18.1 Å². The van der Waals surface area contributed by atoms with Crippen molar-refractivity contribution in [2.24, 2.45) is 0 Å². The average Bonchev–Trinajstić information content (AvgIpc) is 2.04. The second kappa shape index (κ2) is 6.12. The molecule has 0 amide bonds. The second-order valence-corrected chi connectivity index (χ2v) is 5.35. The van der Waals surface area contributed by atoms with Crippen molar-refractivity contribution >= 4 is 14.8 Å². The molecule has 0 saturated carbocycles. The third-order valence-corrected chi connectivity index (χ3v) is 4.38. The smallest absolute Gasteiger partial charge is 0.473 e. The van der Waals surface area contributed by atoms with E-state index in [1.807, 2.05) is 20.8 Å². The van der Waals surface area contributed by atoms with Gasteiger partial charge in [0.1, 0.15) is 0 Å². The van der Waals surface area contributed by atoms with Crippen molar-refractivity contribution in [3.63, 3.8) is 0 Å². The van der Waals surface area contributed by atoms with Crippen LogP contribution >= 0.6 is 0 Å². The van der Waals surface area contributed by atoms with E-state index in [0.29, 0.717) is 19.3 Å². The minimum Gasteiger partial charge on any atom is -0.473 e. The average molecular weight is 206 g/mol. The predicted molar refractivity (Wildman–Crippen MR) is 51.3 cm³/mol. The van der Waals surface area contributed by atoms with Gasteiger partial charge in [-0.3, -0.25) is 4.79 Å². The van der Waals surface area contributed by atoms with Gasteiger partial charge >= 0.3 is 8.80 Å². The van der Waals surface area contributed by atoms with E-state index in [-0.39, 0.29) is 5.97 Å². The number of hydrogen-bond donors (Lipinski definition) is 0. The van der Waals surface area contributed by atoms with E-state index in [1.165, 1.54) is 6.92 Å². The first-order valence-electron chi connectivity index (χ1n) is 4.57. The lowest BCUT2D eigenvalue weighted by Gasteiger charge is -2.26. The quantitative estimate of drug-likeness (QED) is 0.619. The van der Waals surface area contributed by atoms with Gasteiger partial charge in [-0.05, 0) is 13.8 Å². The number of rotatable bonds is 6. The van der Waals surface area contributed by atoms with Crippen LogP contribution in [0, 0.1) is 0 Å². The Bertz CT molecular complexity index is 154. The van der Waals surface area contributed by atoms with Crippen LogP contribution in [0.2, 0.25) is 6.04 Å². The molecular weight excluding hydrogens is 188 g/mol. The summed E-state index contributed by atoms with van der Waals surface area (Å²) in [6.07, 6.45) is 0. The third-order valence-electron chi connectivity index (χ3n) is 1.46. The van der Waals surface area contributed by atoms with Crippen LogP contribution in [0.4, 0.5) is 0 Å². The molecular formula is C8H18O4Si. The normalized spacial score (nSPS) is 11.4. The van der Waals surface area contributed by atoms with Gasteiger partial charge in [-0.15, -0.1) is 0 Å². The molecule has 0 unspecified atom stereocenters. The zero-order chi connectivity index (χ0) is 10.3. The van der Waals surface area contributed by atoms with Crippen LogP contribution in [-0.4, -0.2) is 28.0 Å². The highest BCUT2D eigenvalue weighted by Crippen LogP contribution is 2.15. The first-order chi connectivity index (χ1) is 6.10. The molecule has 0 radical (unpaired) electrons. The maximum Gasteiger partial charge on any atom is 0.567 e. The molecule has 0 N–H and O–H groups in total. The SMILES string of the molecule is CCO[Si](CC)(OCC)OC(C)=O.